The van der Waals surface area contributed by atoms with Gasteiger partial charge in [0.2, 0.25) is 0 Å². The van der Waals surface area contributed by atoms with Crippen LogP contribution in [0.1, 0.15) is 76.1 Å². The smallest absolute Gasteiger partial charge is 0.343 e. The fourth-order valence-electron chi connectivity index (χ4n) is 9.56. The van der Waals surface area contributed by atoms with Crippen LogP contribution >= 0.6 is 23.2 Å². The van der Waals surface area contributed by atoms with E-state index < -0.39 is 4.33 Å². The number of hydrogen-bond donors (Lipinski definition) is 0. The first-order valence-electron chi connectivity index (χ1n) is 12.9. The van der Waals surface area contributed by atoms with E-state index >= 15 is 0 Å². The molecule has 6 rings (SSSR count). The Labute approximate surface area is 212 Å². The largest absolute Gasteiger partial charge is 0.428 e. The van der Waals surface area contributed by atoms with E-state index in [2.05, 4.69) is 19.9 Å². The Morgan fingerprint density at radius 1 is 1.00 bits per heavy atom. The number of fused-ring (bicyclic) bond motifs is 4. The van der Waals surface area contributed by atoms with Gasteiger partial charge in [-0.1, -0.05) is 32.0 Å². The molecule has 3 nitrogen and oxygen atoms in total. The molecule has 0 heterocycles. The van der Waals surface area contributed by atoms with Crippen LogP contribution in [-0.4, -0.2) is 16.1 Å². The second kappa shape index (κ2) is 7.35. The first kappa shape index (κ1) is 23.1. The van der Waals surface area contributed by atoms with Crippen LogP contribution in [0.4, 0.5) is 0 Å². The number of benzene rings is 1. The van der Waals surface area contributed by atoms with E-state index in [0.717, 1.165) is 50.7 Å². The topological polar surface area (TPSA) is 43.4 Å². The third-order valence-electron chi connectivity index (χ3n) is 11.2. The highest BCUT2D eigenvalue weighted by Gasteiger charge is 2.85. The molecule has 1 spiro atoms. The first-order chi connectivity index (χ1) is 16.1. The number of rotatable bonds is 3. The summed E-state index contributed by atoms with van der Waals surface area (Å²) in [6.45, 7) is 6.56. The minimum atomic E-state index is -0.834. The number of Topliss-reactive ketones (excluding diaryl/α,β-unsaturated/α-hetero) is 1. The molecule has 0 aromatic heterocycles. The third-order valence-corrected chi connectivity index (χ3v) is 12.3. The molecule has 4 fully saturated rings. The van der Waals surface area contributed by atoms with Crippen LogP contribution in [0, 0.1) is 45.8 Å². The lowest BCUT2D eigenvalue weighted by Crippen LogP contribution is -2.54. The molecular formula is C29H34Cl2O3. The highest BCUT2D eigenvalue weighted by atomic mass is 35.5. The molecule has 0 amide bonds. The van der Waals surface area contributed by atoms with Crippen molar-refractivity contribution in [1.29, 1.82) is 0 Å². The number of esters is 1. The normalized spacial score (nSPS) is 45.7. The predicted octanol–water partition coefficient (Wildman–Crippen LogP) is 7.37. The summed E-state index contributed by atoms with van der Waals surface area (Å²) in [6, 6.07) is 9.14. The summed E-state index contributed by atoms with van der Waals surface area (Å²) in [4.78, 5) is 25.2. The second-order valence-corrected chi connectivity index (χ2v) is 13.6. The maximum Gasteiger partial charge on any atom is 0.343 e. The third kappa shape index (κ3) is 2.78. The Bertz CT molecular complexity index is 1080. The summed E-state index contributed by atoms with van der Waals surface area (Å²) in [5, 5.41) is 0. The summed E-state index contributed by atoms with van der Waals surface area (Å²) >= 11 is 14.3. The number of alkyl halides is 2. The van der Waals surface area contributed by atoms with Gasteiger partial charge in [-0.05, 0) is 92.2 Å². The maximum absolute atomic E-state index is 12.7. The fraction of sp³-hybridized carbons (Fsp3) is 0.655. The quantitative estimate of drug-likeness (QED) is 0.321. The van der Waals surface area contributed by atoms with Crippen molar-refractivity contribution in [3.8, 4) is 0 Å². The van der Waals surface area contributed by atoms with Crippen LogP contribution in [0.3, 0.4) is 0 Å². The molecule has 1 aromatic rings. The van der Waals surface area contributed by atoms with Crippen molar-refractivity contribution in [2.24, 2.45) is 45.8 Å². The van der Waals surface area contributed by atoms with Gasteiger partial charge in [0.05, 0.1) is 5.56 Å². The van der Waals surface area contributed by atoms with Crippen LogP contribution in [-0.2, 0) is 9.53 Å². The van der Waals surface area contributed by atoms with E-state index in [4.69, 9.17) is 27.9 Å². The van der Waals surface area contributed by atoms with Crippen LogP contribution in [0.15, 0.2) is 42.2 Å². The molecule has 8 atom stereocenters. The van der Waals surface area contributed by atoms with Crippen LogP contribution in [0.25, 0.3) is 0 Å². The highest BCUT2D eigenvalue weighted by molar-refractivity contribution is 6.52. The molecule has 5 aliphatic carbocycles. The lowest BCUT2D eigenvalue weighted by Gasteiger charge is -2.59. The van der Waals surface area contributed by atoms with Gasteiger partial charge in [-0.15, -0.1) is 23.2 Å². The fourth-order valence-corrected chi connectivity index (χ4v) is 10.8. The molecule has 0 radical (unpaired) electrons. The molecule has 5 aliphatic rings. The van der Waals surface area contributed by atoms with Crippen molar-refractivity contribution in [1.82, 2.24) is 0 Å². The molecule has 5 heteroatoms. The Kier molecular flexibility index (Phi) is 5.00. The average Bonchev–Trinajstić information content (AvgIpc) is 3.08. The Morgan fingerprint density at radius 2 is 1.74 bits per heavy atom. The second-order valence-electron chi connectivity index (χ2n) is 12.2. The van der Waals surface area contributed by atoms with E-state index in [1.807, 2.05) is 18.2 Å². The summed E-state index contributed by atoms with van der Waals surface area (Å²) in [5.41, 5.74) is 0.297. The van der Waals surface area contributed by atoms with E-state index in [1.165, 1.54) is 0 Å². The van der Waals surface area contributed by atoms with Crippen LogP contribution in [0.5, 0.6) is 0 Å². The van der Waals surface area contributed by atoms with Gasteiger partial charge < -0.3 is 4.74 Å². The molecule has 182 valence electrons. The monoisotopic (exact) mass is 500 g/mol. The van der Waals surface area contributed by atoms with Crippen LogP contribution in [0.2, 0.25) is 0 Å². The van der Waals surface area contributed by atoms with Crippen molar-refractivity contribution in [2.45, 2.75) is 70.1 Å². The molecule has 0 aliphatic heterocycles. The Balaban J connectivity index is 1.32. The van der Waals surface area contributed by atoms with Gasteiger partial charge in [-0.2, -0.15) is 0 Å². The summed E-state index contributed by atoms with van der Waals surface area (Å²) in [7, 11) is 0. The number of ketones is 1. The number of halogens is 2. The maximum atomic E-state index is 12.7. The van der Waals surface area contributed by atoms with Gasteiger partial charge in [-0.25, -0.2) is 4.79 Å². The van der Waals surface area contributed by atoms with Gasteiger partial charge >= 0.3 is 5.97 Å². The molecule has 0 saturated heterocycles. The van der Waals surface area contributed by atoms with Crippen molar-refractivity contribution in [3.63, 3.8) is 0 Å². The zero-order valence-corrected chi connectivity index (χ0v) is 21.8. The molecular weight excluding hydrogens is 467 g/mol. The van der Waals surface area contributed by atoms with Crippen molar-refractivity contribution in [3.05, 3.63) is 47.7 Å². The number of ether oxygens (including phenoxy) is 1. The van der Waals surface area contributed by atoms with Gasteiger partial charge in [0.1, 0.15) is 15.9 Å². The zero-order chi connectivity index (χ0) is 24.1. The number of carbonyl (C=O) groups excluding carboxylic acids is 2. The minimum Gasteiger partial charge on any atom is -0.428 e. The molecule has 0 N–H and O–H groups in total. The van der Waals surface area contributed by atoms with E-state index in [0.29, 0.717) is 29.1 Å². The predicted molar refractivity (Wildman–Crippen MR) is 133 cm³/mol. The number of hydrogen-bond acceptors (Lipinski definition) is 3. The van der Waals surface area contributed by atoms with Gasteiger partial charge in [0.15, 0.2) is 0 Å². The van der Waals surface area contributed by atoms with Crippen molar-refractivity contribution >= 4 is 35.0 Å². The van der Waals surface area contributed by atoms with Crippen molar-refractivity contribution < 1.29 is 14.3 Å². The number of allylic oxidation sites excluding steroid dienone is 2. The molecule has 0 unspecified atom stereocenters. The zero-order valence-electron chi connectivity index (χ0n) is 20.3. The molecule has 0 bridgehead atoms. The van der Waals surface area contributed by atoms with Crippen molar-refractivity contribution in [2.75, 3.05) is 0 Å². The molecule has 1 aromatic carbocycles. The standard InChI is InChI=1S/C29H34Cl2O3/c1-17(32)21-9-10-22-20-15-24-28(29(24,30)31)16-19(34-25(33)18-7-5-4-6-8-18)11-14-27(28,3)23(20)12-13-26(21,22)2/h4-8,16,20-24H,9-15H2,1-3H3/t20-,21+,22-,23-,24+,26+,27+,28-/m0/s1. The van der Waals surface area contributed by atoms with Gasteiger partial charge in [0, 0.05) is 23.7 Å². The summed E-state index contributed by atoms with van der Waals surface area (Å²) in [5.74, 6) is 2.80. The lowest BCUT2D eigenvalue weighted by molar-refractivity contribution is -0.131. The summed E-state index contributed by atoms with van der Waals surface area (Å²) < 4.78 is 5.05. The molecule has 4 saturated carbocycles. The highest BCUT2D eigenvalue weighted by Crippen LogP contribution is 2.86. The Hall–Kier alpha value is -1.32. The summed E-state index contributed by atoms with van der Waals surface area (Å²) in [6.07, 6.45) is 9.23. The first-order valence-corrected chi connectivity index (χ1v) is 13.7. The minimum absolute atomic E-state index is 0.0254. The lowest BCUT2D eigenvalue weighted by atomic mass is 9.45. The van der Waals surface area contributed by atoms with E-state index in [-0.39, 0.29) is 34.1 Å². The average molecular weight is 501 g/mol. The SMILES string of the molecule is CC(=O)[C@H]1CC[C@H]2[C@@H]3C[C@H]4C(Cl)(Cl)[C@@]45C=C(OC(=O)c4ccccc4)CC[C@]5(C)[C@H]3CC[C@]12C. The Morgan fingerprint density at radius 3 is 2.44 bits per heavy atom. The molecule has 34 heavy (non-hydrogen) atoms. The number of carbonyl (C=O) groups is 2. The van der Waals surface area contributed by atoms with Gasteiger partial charge in [-0.3, -0.25) is 4.79 Å². The van der Waals surface area contributed by atoms with Crippen LogP contribution < -0.4 is 0 Å². The van der Waals surface area contributed by atoms with E-state index in [1.54, 1.807) is 19.1 Å². The van der Waals surface area contributed by atoms with E-state index in [9.17, 15) is 9.59 Å². The van der Waals surface area contributed by atoms with Gasteiger partial charge in [0.25, 0.3) is 0 Å².